The Kier molecular flexibility index (Phi) is 4.71. The van der Waals surface area contributed by atoms with E-state index in [1.807, 2.05) is 11.9 Å². The van der Waals surface area contributed by atoms with Gasteiger partial charge >= 0.3 is 0 Å². The van der Waals surface area contributed by atoms with E-state index in [4.69, 9.17) is 9.26 Å². The molecular weight excluding hydrogens is 298 g/mol. The third kappa shape index (κ3) is 3.95. The first-order valence-electron chi connectivity index (χ1n) is 7.80. The van der Waals surface area contributed by atoms with Crippen molar-refractivity contribution in [3.8, 4) is 0 Å². The molecule has 8 nitrogen and oxygen atoms in total. The van der Waals surface area contributed by atoms with Gasteiger partial charge in [0.2, 0.25) is 5.89 Å². The lowest BCUT2D eigenvalue weighted by atomic mass is 10.1. The Morgan fingerprint density at radius 1 is 1.43 bits per heavy atom. The molecule has 1 aliphatic rings. The van der Waals surface area contributed by atoms with E-state index >= 15 is 0 Å². The Morgan fingerprint density at radius 2 is 2.22 bits per heavy atom. The van der Waals surface area contributed by atoms with Crippen LogP contribution in [0.5, 0.6) is 0 Å². The molecule has 0 aliphatic carbocycles. The minimum Gasteiger partial charge on any atom is -0.378 e. The molecule has 3 rings (SSSR count). The summed E-state index contributed by atoms with van der Waals surface area (Å²) in [6, 6.07) is 0. The van der Waals surface area contributed by atoms with E-state index in [0.29, 0.717) is 43.5 Å². The average Bonchev–Trinajstić information content (AvgIpc) is 3.16. The predicted octanol–water partition coefficient (Wildman–Crippen LogP) is 0.975. The van der Waals surface area contributed by atoms with Crippen LogP contribution in [-0.2, 0) is 18.2 Å². The molecule has 0 unspecified atom stereocenters. The van der Waals surface area contributed by atoms with Crippen molar-refractivity contribution < 1.29 is 14.1 Å². The summed E-state index contributed by atoms with van der Waals surface area (Å²) < 4.78 is 12.6. The van der Waals surface area contributed by atoms with E-state index < -0.39 is 0 Å². The van der Waals surface area contributed by atoms with Gasteiger partial charge < -0.3 is 18.7 Å². The molecule has 0 bridgehead atoms. The van der Waals surface area contributed by atoms with Gasteiger partial charge in [0.1, 0.15) is 5.69 Å². The largest absolute Gasteiger partial charge is 0.378 e. The van der Waals surface area contributed by atoms with E-state index in [2.05, 4.69) is 15.1 Å². The smallest absolute Gasteiger partial charge is 0.274 e. The Balaban J connectivity index is 1.40. The quantitative estimate of drug-likeness (QED) is 0.816. The number of likely N-dealkylation sites (tertiary alicyclic amines) is 1. The molecule has 8 heteroatoms. The number of hydrogen-bond donors (Lipinski definition) is 0. The first-order valence-corrected chi connectivity index (χ1v) is 7.80. The monoisotopic (exact) mass is 319 g/mol. The molecule has 0 radical (unpaired) electrons. The van der Waals surface area contributed by atoms with Crippen LogP contribution in [0.25, 0.3) is 0 Å². The third-order valence-corrected chi connectivity index (χ3v) is 3.90. The van der Waals surface area contributed by atoms with Crippen molar-refractivity contribution in [3.05, 3.63) is 29.9 Å². The van der Waals surface area contributed by atoms with E-state index in [1.54, 1.807) is 24.0 Å². The number of nitrogens with zero attached hydrogens (tertiary/aromatic N) is 5. The van der Waals surface area contributed by atoms with Gasteiger partial charge in [-0.25, -0.2) is 4.98 Å². The molecule has 1 fully saturated rings. The topological polar surface area (TPSA) is 86.3 Å². The lowest BCUT2D eigenvalue weighted by Gasteiger charge is -2.31. The minimum atomic E-state index is -0.00803. The van der Waals surface area contributed by atoms with Gasteiger partial charge in [-0.2, -0.15) is 4.98 Å². The van der Waals surface area contributed by atoms with Gasteiger partial charge in [0.25, 0.3) is 5.91 Å². The maximum absolute atomic E-state index is 12.3. The number of aryl methyl sites for hydroxylation is 2. The molecule has 0 aromatic carbocycles. The summed E-state index contributed by atoms with van der Waals surface area (Å²) in [5.41, 5.74) is 0.499. The van der Waals surface area contributed by atoms with Crippen LogP contribution in [-0.4, -0.2) is 56.3 Å². The summed E-state index contributed by atoms with van der Waals surface area (Å²) in [6.45, 7) is 3.73. The molecule has 23 heavy (non-hydrogen) atoms. The van der Waals surface area contributed by atoms with Crippen molar-refractivity contribution in [2.45, 2.75) is 32.3 Å². The van der Waals surface area contributed by atoms with Gasteiger partial charge in [0.15, 0.2) is 5.82 Å². The molecule has 2 aromatic heterocycles. The first-order chi connectivity index (χ1) is 11.1. The first kappa shape index (κ1) is 15.7. The summed E-state index contributed by atoms with van der Waals surface area (Å²) in [5.74, 6) is 1.23. The van der Waals surface area contributed by atoms with Crippen LogP contribution in [0.15, 0.2) is 17.0 Å². The number of carbonyl (C=O) groups is 1. The fourth-order valence-corrected chi connectivity index (χ4v) is 2.67. The lowest BCUT2D eigenvalue weighted by Crippen LogP contribution is -2.41. The third-order valence-electron chi connectivity index (χ3n) is 3.90. The zero-order chi connectivity index (χ0) is 16.2. The molecule has 124 valence electrons. The zero-order valence-electron chi connectivity index (χ0n) is 13.4. The minimum absolute atomic E-state index is 0.00803. The lowest BCUT2D eigenvalue weighted by molar-refractivity contribution is 0.00932. The van der Waals surface area contributed by atoms with Crippen molar-refractivity contribution in [3.63, 3.8) is 0 Å². The van der Waals surface area contributed by atoms with Crippen LogP contribution in [0.1, 0.15) is 35.0 Å². The van der Waals surface area contributed by atoms with E-state index in [0.717, 1.165) is 12.8 Å². The normalized spacial score (nSPS) is 16.0. The molecule has 0 atom stereocenters. The number of amides is 1. The molecule has 1 amide bonds. The van der Waals surface area contributed by atoms with Crippen molar-refractivity contribution in [2.24, 2.45) is 7.05 Å². The number of aromatic nitrogens is 4. The molecule has 3 heterocycles. The highest BCUT2D eigenvalue weighted by atomic mass is 16.5. The SMILES string of the molecule is Cc1nc(CCOC2CCN(C(=O)c3cn(C)cn3)CC2)no1. The number of piperidine rings is 1. The maximum atomic E-state index is 12.3. The summed E-state index contributed by atoms with van der Waals surface area (Å²) in [5, 5.41) is 3.84. The van der Waals surface area contributed by atoms with Crippen molar-refractivity contribution in [2.75, 3.05) is 19.7 Å². The van der Waals surface area contributed by atoms with E-state index in [9.17, 15) is 4.79 Å². The highest BCUT2D eigenvalue weighted by Crippen LogP contribution is 2.16. The summed E-state index contributed by atoms with van der Waals surface area (Å²) >= 11 is 0. The Bertz CT molecular complexity index is 658. The van der Waals surface area contributed by atoms with Gasteiger partial charge in [-0.1, -0.05) is 5.16 Å². The fraction of sp³-hybridized carbons (Fsp3) is 0.600. The highest BCUT2D eigenvalue weighted by molar-refractivity contribution is 5.92. The Labute approximate surface area is 134 Å². The summed E-state index contributed by atoms with van der Waals surface area (Å²) in [4.78, 5) is 22.4. The number of imidazole rings is 1. The molecule has 2 aromatic rings. The summed E-state index contributed by atoms with van der Waals surface area (Å²) in [7, 11) is 1.86. The fourth-order valence-electron chi connectivity index (χ4n) is 2.67. The van der Waals surface area contributed by atoms with Crippen molar-refractivity contribution >= 4 is 5.91 Å². The van der Waals surface area contributed by atoms with Crippen LogP contribution in [0, 0.1) is 6.92 Å². The van der Waals surface area contributed by atoms with E-state index in [1.165, 1.54) is 0 Å². The van der Waals surface area contributed by atoms with Crippen LogP contribution < -0.4 is 0 Å². The molecule has 1 saturated heterocycles. The second-order valence-electron chi connectivity index (χ2n) is 5.77. The molecule has 1 aliphatic heterocycles. The number of rotatable bonds is 5. The van der Waals surface area contributed by atoms with Gasteiger partial charge in [-0.05, 0) is 12.8 Å². The van der Waals surface area contributed by atoms with Gasteiger partial charge in [0, 0.05) is 39.7 Å². The predicted molar refractivity (Wildman–Crippen MR) is 80.8 cm³/mol. The average molecular weight is 319 g/mol. The summed E-state index contributed by atoms with van der Waals surface area (Å²) in [6.07, 6.45) is 5.88. The molecular formula is C15H21N5O3. The standard InChI is InChI=1S/C15H21N5O3/c1-11-17-14(18-23-11)5-8-22-12-3-6-20(7-4-12)15(21)13-9-19(2)10-16-13/h9-10,12H,3-8H2,1-2H3. The number of ether oxygens (including phenoxy) is 1. The molecule has 0 spiro atoms. The number of hydrogen-bond acceptors (Lipinski definition) is 6. The number of carbonyl (C=O) groups excluding carboxylic acids is 1. The van der Waals surface area contributed by atoms with Crippen molar-refractivity contribution in [1.82, 2.24) is 24.6 Å². The Hall–Kier alpha value is -2.22. The molecule has 0 N–H and O–H groups in total. The van der Waals surface area contributed by atoms with E-state index in [-0.39, 0.29) is 12.0 Å². The maximum Gasteiger partial charge on any atom is 0.274 e. The Morgan fingerprint density at radius 3 is 2.83 bits per heavy atom. The van der Waals surface area contributed by atoms with Crippen LogP contribution in [0.3, 0.4) is 0 Å². The second-order valence-corrected chi connectivity index (χ2v) is 5.77. The molecule has 0 saturated carbocycles. The highest BCUT2D eigenvalue weighted by Gasteiger charge is 2.25. The van der Waals surface area contributed by atoms with Gasteiger partial charge in [0.05, 0.1) is 19.0 Å². The van der Waals surface area contributed by atoms with Crippen LogP contribution in [0.4, 0.5) is 0 Å². The second kappa shape index (κ2) is 6.91. The van der Waals surface area contributed by atoms with Crippen LogP contribution >= 0.6 is 0 Å². The van der Waals surface area contributed by atoms with Crippen LogP contribution in [0.2, 0.25) is 0 Å². The zero-order valence-corrected chi connectivity index (χ0v) is 13.4. The van der Waals surface area contributed by atoms with Crippen molar-refractivity contribution in [1.29, 1.82) is 0 Å². The van der Waals surface area contributed by atoms with Gasteiger partial charge in [-0.3, -0.25) is 4.79 Å². The van der Waals surface area contributed by atoms with Gasteiger partial charge in [-0.15, -0.1) is 0 Å².